The summed E-state index contributed by atoms with van der Waals surface area (Å²) in [6.07, 6.45) is 0. The minimum Gasteiger partial charge on any atom is -0.497 e. The van der Waals surface area contributed by atoms with Crippen LogP contribution in [-0.2, 0) is 6.61 Å². The van der Waals surface area contributed by atoms with Gasteiger partial charge in [0.05, 0.1) is 11.6 Å². The summed E-state index contributed by atoms with van der Waals surface area (Å²) in [6, 6.07) is 15.7. The molecule has 2 nitrogen and oxygen atoms in total. The van der Waals surface area contributed by atoms with Gasteiger partial charge in [-0.15, -0.1) is 0 Å². The normalized spacial score (nSPS) is 10.0. The molecular weight excluding hydrogens is 280 g/mol. The van der Waals surface area contributed by atoms with Crippen LogP contribution in [0, 0.1) is 0 Å². The molecule has 0 saturated heterocycles. The molecule has 0 fully saturated rings. The summed E-state index contributed by atoms with van der Waals surface area (Å²) in [4.78, 5) is 0. The van der Waals surface area contributed by atoms with Gasteiger partial charge in [0.15, 0.2) is 0 Å². The van der Waals surface area contributed by atoms with Gasteiger partial charge in [-0.3, -0.25) is 0 Å². The second-order valence-electron chi connectivity index (χ2n) is 3.57. The molecule has 0 aliphatic heterocycles. The second kappa shape index (κ2) is 5.73. The van der Waals surface area contributed by atoms with Gasteiger partial charge in [0.25, 0.3) is 0 Å². The lowest BCUT2D eigenvalue weighted by Gasteiger charge is -2.09. The van der Waals surface area contributed by atoms with Crippen LogP contribution in [0.25, 0.3) is 0 Å². The zero-order chi connectivity index (χ0) is 12.1. The molecule has 0 spiro atoms. The summed E-state index contributed by atoms with van der Waals surface area (Å²) in [7, 11) is 1.64. The lowest BCUT2D eigenvalue weighted by Crippen LogP contribution is -1.96. The fraction of sp³-hybridized carbons (Fsp3) is 0.143. The zero-order valence-electron chi connectivity index (χ0n) is 9.52. The van der Waals surface area contributed by atoms with Crippen molar-refractivity contribution in [1.29, 1.82) is 0 Å². The summed E-state index contributed by atoms with van der Waals surface area (Å²) >= 11 is 3.45. The Kier molecular flexibility index (Phi) is 4.04. The lowest BCUT2D eigenvalue weighted by molar-refractivity contribution is 0.301. The molecule has 0 unspecified atom stereocenters. The van der Waals surface area contributed by atoms with E-state index < -0.39 is 0 Å². The van der Waals surface area contributed by atoms with Gasteiger partial charge < -0.3 is 9.47 Å². The van der Waals surface area contributed by atoms with E-state index in [2.05, 4.69) is 15.9 Å². The maximum Gasteiger partial charge on any atom is 0.137 e. The molecule has 0 saturated carbocycles. The van der Waals surface area contributed by atoms with E-state index in [0.29, 0.717) is 6.61 Å². The highest BCUT2D eigenvalue weighted by atomic mass is 79.9. The largest absolute Gasteiger partial charge is 0.497 e. The van der Waals surface area contributed by atoms with Gasteiger partial charge in [0, 0.05) is 6.07 Å². The third-order valence-corrected chi connectivity index (χ3v) is 3.03. The summed E-state index contributed by atoms with van der Waals surface area (Å²) in [5, 5.41) is 0. The van der Waals surface area contributed by atoms with Gasteiger partial charge in [0.2, 0.25) is 0 Å². The number of benzene rings is 2. The van der Waals surface area contributed by atoms with Crippen LogP contribution in [-0.4, -0.2) is 7.11 Å². The summed E-state index contributed by atoms with van der Waals surface area (Å²) in [6.45, 7) is 0.548. The Morgan fingerprint density at radius 2 is 1.82 bits per heavy atom. The number of rotatable bonds is 4. The molecule has 2 aromatic carbocycles. The van der Waals surface area contributed by atoms with Crippen LogP contribution in [0.3, 0.4) is 0 Å². The number of methoxy groups -OCH3 is 1. The van der Waals surface area contributed by atoms with Crippen LogP contribution in [0.5, 0.6) is 11.5 Å². The van der Waals surface area contributed by atoms with Gasteiger partial charge in [-0.25, -0.2) is 0 Å². The molecule has 0 atom stereocenters. The van der Waals surface area contributed by atoms with Crippen molar-refractivity contribution < 1.29 is 9.47 Å². The topological polar surface area (TPSA) is 18.5 Å². The van der Waals surface area contributed by atoms with E-state index in [1.165, 1.54) is 0 Å². The molecule has 88 valence electrons. The van der Waals surface area contributed by atoms with Crippen molar-refractivity contribution in [3.8, 4) is 11.5 Å². The highest BCUT2D eigenvalue weighted by Gasteiger charge is 2.03. The van der Waals surface area contributed by atoms with Crippen molar-refractivity contribution >= 4 is 15.9 Å². The predicted molar refractivity (Wildman–Crippen MR) is 71.5 cm³/mol. The molecule has 0 aliphatic carbocycles. The Bertz CT molecular complexity index is 483. The number of ether oxygens (including phenoxy) is 2. The number of hydrogen-bond acceptors (Lipinski definition) is 2. The fourth-order valence-corrected chi connectivity index (χ4v) is 1.82. The molecule has 3 heteroatoms. The Morgan fingerprint density at radius 1 is 1.06 bits per heavy atom. The van der Waals surface area contributed by atoms with Crippen molar-refractivity contribution in [2.24, 2.45) is 0 Å². The Hall–Kier alpha value is -1.48. The second-order valence-corrected chi connectivity index (χ2v) is 4.42. The zero-order valence-corrected chi connectivity index (χ0v) is 11.1. The van der Waals surface area contributed by atoms with Crippen molar-refractivity contribution in [2.45, 2.75) is 6.61 Å². The minimum absolute atomic E-state index is 0.548. The average Bonchev–Trinajstić information content (AvgIpc) is 2.39. The smallest absolute Gasteiger partial charge is 0.137 e. The van der Waals surface area contributed by atoms with E-state index in [-0.39, 0.29) is 0 Å². The van der Waals surface area contributed by atoms with Gasteiger partial charge in [0.1, 0.15) is 18.1 Å². The van der Waals surface area contributed by atoms with Gasteiger partial charge in [-0.1, -0.05) is 30.3 Å². The van der Waals surface area contributed by atoms with Gasteiger partial charge in [-0.2, -0.15) is 0 Å². The molecule has 0 bridgehead atoms. The van der Waals surface area contributed by atoms with Gasteiger partial charge >= 0.3 is 0 Å². The van der Waals surface area contributed by atoms with Crippen molar-refractivity contribution in [3.63, 3.8) is 0 Å². The molecule has 0 aromatic heterocycles. The third kappa shape index (κ3) is 3.24. The molecule has 0 aliphatic rings. The Balaban J connectivity index is 2.08. The molecule has 17 heavy (non-hydrogen) atoms. The monoisotopic (exact) mass is 292 g/mol. The third-order valence-electron chi connectivity index (χ3n) is 2.38. The Labute approximate surface area is 109 Å². The first kappa shape index (κ1) is 12.0. The van der Waals surface area contributed by atoms with E-state index in [9.17, 15) is 0 Å². The molecule has 0 heterocycles. The van der Waals surface area contributed by atoms with E-state index in [1.807, 2.05) is 48.5 Å². The Morgan fingerprint density at radius 3 is 2.53 bits per heavy atom. The van der Waals surface area contributed by atoms with Crippen LogP contribution in [0.4, 0.5) is 0 Å². The van der Waals surface area contributed by atoms with Crippen LogP contribution in [0.2, 0.25) is 0 Å². The van der Waals surface area contributed by atoms with Crippen LogP contribution < -0.4 is 9.47 Å². The van der Waals surface area contributed by atoms with E-state index in [4.69, 9.17) is 9.47 Å². The quantitative estimate of drug-likeness (QED) is 0.847. The fourth-order valence-electron chi connectivity index (χ4n) is 1.46. The summed E-state index contributed by atoms with van der Waals surface area (Å²) in [5.74, 6) is 1.57. The molecule has 0 amide bonds. The van der Waals surface area contributed by atoms with E-state index in [0.717, 1.165) is 21.5 Å². The maximum atomic E-state index is 5.74. The predicted octanol–water partition coefficient (Wildman–Crippen LogP) is 4.04. The molecule has 2 rings (SSSR count). The first-order valence-corrected chi connectivity index (χ1v) is 6.09. The highest BCUT2D eigenvalue weighted by Crippen LogP contribution is 2.29. The van der Waals surface area contributed by atoms with Crippen LogP contribution >= 0.6 is 15.9 Å². The molecule has 2 aromatic rings. The van der Waals surface area contributed by atoms with Crippen molar-refractivity contribution in [2.75, 3.05) is 7.11 Å². The highest BCUT2D eigenvalue weighted by molar-refractivity contribution is 9.10. The maximum absolute atomic E-state index is 5.74. The van der Waals surface area contributed by atoms with E-state index in [1.54, 1.807) is 7.11 Å². The molecule has 0 radical (unpaired) electrons. The minimum atomic E-state index is 0.548. The summed E-state index contributed by atoms with van der Waals surface area (Å²) < 4.78 is 11.8. The number of halogens is 1. The SMILES string of the molecule is COc1ccc(Br)c(OCc2ccccc2)c1. The summed E-state index contributed by atoms with van der Waals surface area (Å²) in [5.41, 5.74) is 1.14. The van der Waals surface area contributed by atoms with Crippen molar-refractivity contribution in [3.05, 3.63) is 58.6 Å². The van der Waals surface area contributed by atoms with E-state index >= 15 is 0 Å². The first-order chi connectivity index (χ1) is 8.29. The van der Waals surface area contributed by atoms with Crippen LogP contribution in [0.15, 0.2) is 53.0 Å². The van der Waals surface area contributed by atoms with Gasteiger partial charge in [-0.05, 0) is 33.6 Å². The van der Waals surface area contributed by atoms with Crippen molar-refractivity contribution in [1.82, 2.24) is 0 Å². The molecule has 0 N–H and O–H groups in total. The average molecular weight is 293 g/mol. The first-order valence-electron chi connectivity index (χ1n) is 5.30. The number of hydrogen-bond donors (Lipinski definition) is 0. The lowest BCUT2D eigenvalue weighted by atomic mass is 10.2. The van der Waals surface area contributed by atoms with Crippen LogP contribution in [0.1, 0.15) is 5.56 Å². The molecular formula is C14H13BrO2. The standard InChI is InChI=1S/C14H13BrO2/c1-16-12-7-8-13(15)14(9-12)17-10-11-5-3-2-4-6-11/h2-9H,10H2,1H3.